The van der Waals surface area contributed by atoms with Gasteiger partial charge >= 0.3 is 6.18 Å². The molecule has 1 aromatic heterocycles. The monoisotopic (exact) mass is 378 g/mol. The number of nitrogens with zero attached hydrogens (tertiary/aromatic N) is 2. The topological polar surface area (TPSA) is 57.4 Å². The summed E-state index contributed by atoms with van der Waals surface area (Å²) in [6, 6.07) is 12.2. The number of benzene rings is 2. The Bertz CT molecular complexity index is 909. The van der Waals surface area contributed by atoms with E-state index in [2.05, 4.69) is 10.1 Å². The first-order valence-electron chi connectivity index (χ1n) is 8.15. The number of rotatable bonds is 6. The van der Waals surface area contributed by atoms with Crippen LogP contribution in [0, 0.1) is 0 Å². The summed E-state index contributed by atoms with van der Waals surface area (Å²) in [6.45, 7) is 1.73. The van der Waals surface area contributed by atoms with Crippen molar-refractivity contribution in [1.29, 1.82) is 0 Å². The molecule has 3 aromatic rings. The van der Waals surface area contributed by atoms with Gasteiger partial charge in [0, 0.05) is 6.42 Å². The minimum absolute atomic E-state index is 0.120. The molecule has 0 aliphatic rings. The Morgan fingerprint density at radius 2 is 1.81 bits per heavy atom. The van der Waals surface area contributed by atoms with E-state index in [0.29, 0.717) is 17.1 Å². The fourth-order valence-electron chi connectivity index (χ4n) is 2.50. The minimum Gasteiger partial charge on any atom is -0.493 e. The summed E-state index contributed by atoms with van der Waals surface area (Å²) < 4.78 is 54.6. The Morgan fingerprint density at radius 1 is 1.07 bits per heavy atom. The molecule has 5 nitrogen and oxygen atoms in total. The Kier molecular flexibility index (Phi) is 5.34. The predicted octanol–water partition coefficient (Wildman–Crippen LogP) is 4.83. The molecule has 0 fully saturated rings. The molecule has 0 saturated carbocycles. The van der Waals surface area contributed by atoms with Crippen LogP contribution in [-0.2, 0) is 12.6 Å². The van der Waals surface area contributed by atoms with Gasteiger partial charge in [0.2, 0.25) is 0 Å². The third kappa shape index (κ3) is 4.58. The molecule has 3 rings (SSSR count). The van der Waals surface area contributed by atoms with E-state index >= 15 is 0 Å². The van der Waals surface area contributed by atoms with E-state index in [9.17, 15) is 13.2 Å². The molecule has 0 amide bonds. The van der Waals surface area contributed by atoms with Crippen LogP contribution in [0.25, 0.3) is 0 Å². The lowest BCUT2D eigenvalue weighted by Crippen LogP contribution is -2.06. The summed E-state index contributed by atoms with van der Waals surface area (Å²) in [5, 5.41) is 3.83. The first kappa shape index (κ1) is 18.8. The highest BCUT2D eigenvalue weighted by molar-refractivity contribution is 5.39. The highest BCUT2D eigenvalue weighted by Gasteiger charge is 2.30. The lowest BCUT2D eigenvalue weighted by atomic mass is 10.1. The Hall–Kier alpha value is -3.03. The molecule has 0 bridgehead atoms. The van der Waals surface area contributed by atoms with E-state index in [1.807, 2.05) is 6.07 Å². The molecule has 27 heavy (non-hydrogen) atoms. The van der Waals surface area contributed by atoms with Gasteiger partial charge in [-0.2, -0.15) is 18.2 Å². The van der Waals surface area contributed by atoms with Crippen LogP contribution >= 0.6 is 0 Å². The van der Waals surface area contributed by atoms with E-state index < -0.39 is 17.8 Å². The Morgan fingerprint density at radius 3 is 2.52 bits per heavy atom. The second-order valence-corrected chi connectivity index (χ2v) is 5.83. The molecule has 142 valence electrons. The number of alkyl halides is 3. The van der Waals surface area contributed by atoms with Crippen LogP contribution in [0.15, 0.2) is 53.1 Å². The normalized spacial score (nSPS) is 12.6. The number of halogens is 3. The van der Waals surface area contributed by atoms with Crippen molar-refractivity contribution in [1.82, 2.24) is 10.1 Å². The molecule has 0 aliphatic carbocycles. The van der Waals surface area contributed by atoms with Gasteiger partial charge in [0.15, 0.2) is 23.4 Å². The molecule has 0 spiro atoms. The van der Waals surface area contributed by atoms with E-state index in [4.69, 9.17) is 14.0 Å². The maximum absolute atomic E-state index is 12.8. The van der Waals surface area contributed by atoms with E-state index in [1.54, 1.807) is 31.2 Å². The standard InChI is InChI=1S/C19H17F3N2O3/c1-12(26-16-9-4-3-8-15(16)25-2)18-23-17(24-27-18)11-13-6-5-7-14(10-13)19(20,21)22/h3-10,12H,11H2,1-2H3/t12-/m1/s1. The van der Waals surface area contributed by atoms with Gasteiger partial charge in [-0.1, -0.05) is 35.5 Å². The maximum atomic E-state index is 12.8. The van der Waals surface area contributed by atoms with Crippen LogP contribution in [0.5, 0.6) is 11.5 Å². The number of hydrogen-bond donors (Lipinski definition) is 0. The van der Waals surface area contributed by atoms with Gasteiger partial charge in [-0.25, -0.2) is 0 Å². The lowest BCUT2D eigenvalue weighted by molar-refractivity contribution is -0.137. The predicted molar refractivity (Wildman–Crippen MR) is 90.6 cm³/mol. The van der Waals surface area contributed by atoms with Crippen LogP contribution in [-0.4, -0.2) is 17.3 Å². The Balaban J connectivity index is 1.71. The molecule has 1 atom stereocenters. The van der Waals surface area contributed by atoms with Crippen molar-refractivity contribution >= 4 is 0 Å². The summed E-state index contributed by atoms with van der Waals surface area (Å²) in [7, 11) is 1.53. The van der Waals surface area contributed by atoms with Crippen LogP contribution in [0.2, 0.25) is 0 Å². The van der Waals surface area contributed by atoms with Crippen LogP contribution in [0.4, 0.5) is 13.2 Å². The van der Waals surface area contributed by atoms with Crippen LogP contribution in [0.1, 0.15) is 35.9 Å². The molecule has 0 aliphatic heterocycles. The highest BCUT2D eigenvalue weighted by Crippen LogP contribution is 2.31. The van der Waals surface area contributed by atoms with Gasteiger partial charge in [0.1, 0.15) is 0 Å². The van der Waals surface area contributed by atoms with Crippen molar-refractivity contribution in [2.75, 3.05) is 7.11 Å². The van der Waals surface area contributed by atoms with Crippen molar-refractivity contribution in [3.63, 3.8) is 0 Å². The highest BCUT2D eigenvalue weighted by atomic mass is 19.4. The molecular weight excluding hydrogens is 361 g/mol. The first-order valence-corrected chi connectivity index (χ1v) is 8.15. The smallest absolute Gasteiger partial charge is 0.416 e. The molecule has 8 heteroatoms. The molecule has 0 N–H and O–H groups in total. The van der Waals surface area contributed by atoms with E-state index in [1.165, 1.54) is 13.2 Å². The number of hydrogen-bond acceptors (Lipinski definition) is 5. The molecular formula is C19H17F3N2O3. The average Bonchev–Trinajstić information content (AvgIpc) is 3.10. The van der Waals surface area contributed by atoms with Gasteiger partial charge in [0.25, 0.3) is 5.89 Å². The van der Waals surface area contributed by atoms with Gasteiger partial charge in [0.05, 0.1) is 12.7 Å². The third-order valence-electron chi connectivity index (χ3n) is 3.82. The van der Waals surface area contributed by atoms with Crippen LogP contribution in [0.3, 0.4) is 0 Å². The number of para-hydroxylation sites is 2. The summed E-state index contributed by atoms with van der Waals surface area (Å²) in [5.74, 6) is 1.58. The minimum atomic E-state index is -4.39. The summed E-state index contributed by atoms with van der Waals surface area (Å²) >= 11 is 0. The maximum Gasteiger partial charge on any atom is 0.416 e. The average molecular weight is 378 g/mol. The van der Waals surface area contributed by atoms with Crippen LogP contribution < -0.4 is 9.47 Å². The zero-order valence-electron chi connectivity index (χ0n) is 14.7. The third-order valence-corrected chi connectivity index (χ3v) is 3.82. The second kappa shape index (κ2) is 7.69. The molecule has 2 aromatic carbocycles. The molecule has 0 radical (unpaired) electrons. The van der Waals surface area contributed by atoms with Crippen molar-refractivity contribution in [2.24, 2.45) is 0 Å². The number of methoxy groups -OCH3 is 1. The van der Waals surface area contributed by atoms with E-state index in [0.717, 1.165) is 12.1 Å². The van der Waals surface area contributed by atoms with Crippen molar-refractivity contribution in [2.45, 2.75) is 25.6 Å². The van der Waals surface area contributed by atoms with Gasteiger partial charge in [-0.05, 0) is 30.7 Å². The number of ether oxygens (including phenoxy) is 2. The molecule has 0 unspecified atom stereocenters. The lowest BCUT2D eigenvalue weighted by Gasteiger charge is -2.13. The first-order chi connectivity index (χ1) is 12.9. The SMILES string of the molecule is COc1ccccc1O[C@H](C)c1nc(Cc2cccc(C(F)(F)F)c2)no1. The van der Waals surface area contributed by atoms with Gasteiger partial charge in [-0.3, -0.25) is 0 Å². The van der Waals surface area contributed by atoms with Crippen molar-refractivity contribution < 1.29 is 27.2 Å². The Labute approximate surface area is 153 Å². The number of aromatic nitrogens is 2. The van der Waals surface area contributed by atoms with Gasteiger partial charge in [-0.15, -0.1) is 0 Å². The zero-order valence-corrected chi connectivity index (χ0v) is 14.7. The quantitative estimate of drug-likeness (QED) is 0.615. The largest absolute Gasteiger partial charge is 0.493 e. The fourth-order valence-corrected chi connectivity index (χ4v) is 2.50. The van der Waals surface area contributed by atoms with Crippen molar-refractivity contribution in [3.05, 3.63) is 71.4 Å². The fraction of sp³-hybridized carbons (Fsp3) is 0.263. The van der Waals surface area contributed by atoms with E-state index in [-0.39, 0.29) is 18.1 Å². The zero-order chi connectivity index (χ0) is 19.4. The van der Waals surface area contributed by atoms with Crippen molar-refractivity contribution in [3.8, 4) is 11.5 Å². The molecule has 0 saturated heterocycles. The second-order valence-electron chi connectivity index (χ2n) is 5.83. The van der Waals surface area contributed by atoms with Gasteiger partial charge < -0.3 is 14.0 Å². The summed E-state index contributed by atoms with van der Waals surface area (Å²) in [5.41, 5.74) is -0.271. The molecule has 1 heterocycles. The summed E-state index contributed by atoms with van der Waals surface area (Å²) in [6.07, 6.45) is -4.83. The summed E-state index contributed by atoms with van der Waals surface area (Å²) in [4.78, 5) is 4.22.